The smallest absolute Gasteiger partial charge is 0.254 e. The third-order valence-electron chi connectivity index (χ3n) is 4.92. The van der Waals surface area contributed by atoms with E-state index in [9.17, 15) is 4.79 Å². The van der Waals surface area contributed by atoms with Crippen LogP contribution in [0, 0.1) is 20.8 Å². The van der Waals surface area contributed by atoms with Crippen LogP contribution in [0.15, 0.2) is 18.2 Å². The van der Waals surface area contributed by atoms with Crippen LogP contribution in [-0.4, -0.2) is 41.5 Å². The first kappa shape index (κ1) is 16.8. The average molecular weight is 368 g/mol. The van der Waals surface area contributed by atoms with Gasteiger partial charge in [0.25, 0.3) is 5.91 Å². The van der Waals surface area contributed by atoms with Gasteiger partial charge >= 0.3 is 0 Å². The number of fused-ring (bicyclic) bond motifs is 1. The highest BCUT2D eigenvalue weighted by atomic mass is 32.1. The van der Waals surface area contributed by atoms with Gasteiger partial charge in [-0.15, -0.1) is 10.2 Å². The fourth-order valence-corrected chi connectivity index (χ4v) is 3.91. The van der Waals surface area contributed by atoms with Gasteiger partial charge in [-0.3, -0.25) is 4.79 Å². The van der Waals surface area contributed by atoms with Crippen molar-refractivity contribution >= 4 is 17.4 Å². The fraction of sp³-hybridized carbons (Fsp3) is 0.389. The Kier molecular flexibility index (Phi) is 4.07. The summed E-state index contributed by atoms with van der Waals surface area (Å²) in [5, 5.41) is 9.41. The highest BCUT2D eigenvalue weighted by molar-refractivity contribution is 7.09. The van der Waals surface area contributed by atoms with Crippen LogP contribution in [0.25, 0.3) is 10.8 Å². The second kappa shape index (κ2) is 6.28. The largest absolute Gasteiger partial charge is 0.327 e. The molecule has 4 rings (SSSR count). The van der Waals surface area contributed by atoms with Crippen LogP contribution < -0.4 is 0 Å². The van der Waals surface area contributed by atoms with E-state index in [1.807, 2.05) is 50.8 Å². The quantitative estimate of drug-likeness (QED) is 0.695. The number of amides is 1. The molecular weight excluding hydrogens is 348 g/mol. The zero-order valence-electron chi connectivity index (χ0n) is 15.2. The van der Waals surface area contributed by atoms with Crippen molar-refractivity contribution in [1.29, 1.82) is 0 Å². The number of carbonyl (C=O) groups excluding carboxylic acids is 1. The molecule has 1 atom stereocenters. The standard InChI is InChI=1S/C18H20N6OS/c1-10-5-6-14(9-11(10)2)18(25)23-7-8-24-15(12(23)3)20-21-16(24)17-19-13(4)22-26-17/h5-6,9,12H,7-8H2,1-4H3/t12-/m1/s1. The molecule has 0 bridgehead atoms. The Hall–Kier alpha value is -2.61. The highest BCUT2D eigenvalue weighted by Gasteiger charge is 2.32. The third kappa shape index (κ3) is 2.70. The van der Waals surface area contributed by atoms with Crippen molar-refractivity contribution in [2.24, 2.45) is 0 Å². The van der Waals surface area contributed by atoms with Gasteiger partial charge in [0.1, 0.15) is 5.82 Å². The van der Waals surface area contributed by atoms with Gasteiger partial charge in [0.15, 0.2) is 16.7 Å². The van der Waals surface area contributed by atoms with Crippen molar-refractivity contribution in [2.45, 2.75) is 40.3 Å². The predicted molar refractivity (Wildman–Crippen MR) is 99.0 cm³/mol. The second-order valence-corrected chi connectivity index (χ2v) is 7.41. The maximum absolute atomic E-state index is 13.0. The van der Waals surface area contributed by atoms with Gasteiger partial charge in [-0.1, -0.05) is 6.07 Å². The molecule has 0 aliphatic carbocycles. The normalized spacial score (nSPS) is 16.6. The number of carbonyl (C=O) groups is 1. The van der Waals surface area contributed by atoms with E-state index in [0.29, 0.717) is 18.7 Å². The Balaban J connectivity index is 1.64. The predicted octanol–water partition coefficient (Wildman–Crippen LogP) is 2.94. The SMILES string of the molecule is Cc1nsc(-c2nnc3n2CCN(C(=O)c2ccc(C)c(C)c2)[C@@H]3C)n1. The van der Waals surface area contributed by atoms with Gasteiger partial charge in [-0.2, -0.15) is 4.37 Å². The van der Waals surface area contributed by atoms with Crippen molar-refractivity contribution in [2.75, 3.05) is 6.54 Å². The van der Waals surface area contributed by atoms with E-state index in [4.69, 9.17) is 0 Å². The minimum Gasteiger partial charge on any atom is -0.327 e. The van der Waals surface area contributed by atoms with Gasteiger partial charge in [0.05, 0.1) is 6.04 Å². The zero-order valence-corrected chi connectivity index (χ0v) is 16.0. The zero-order chi connectivity index (χ0) is 18.4. The highest BCUT2D eigenvalue weighted by Crippen LogP contribution is 2.30. The van der Waals surface area contributed by atoms with Crippen molar-refractivity contribution in [1.82, 2.24) is 29.0 Å². The lowest BCUT2D eigenvalue weighted by Crippen LogP contribution is -2.41. The molecule has 0 spiro atoms. The molecule has 0 radical (unpaired) electrons. The summed E-state index contributed by atoms with van der Waals surface area (Å²) in [7, 11) is 0. The molecule has 0 saturated heterocycles. The summed E-state index contributed by atoms with van der Waals surface area (Å²) < 4.78 is 6.27. The summed E-state index contributed by atoms with van der Waals surface area (Å²) in [4.78, 5) is 19.3. The van der Waals surface area contributed by atoms with E-state index < -0.39 is 0 Å². The number of nitrogens with zero attached hydrogens (tertiary/aromatic N) is 6. The van der Waals surface area contributed by atoms with Crippen molar-refractivity contribution < 1.29 is 4.79 Å². The van der Waals surface area contributed by atoms with E-state index in [-0.39, 0.29) is 11.9 Å². The molecule has 0 fully saturated rings. The molecule has 1 aromatic carbocycles. The summed E-state index contributed by atoms with van der Waals surface area (Å²) in [6.07, 6.45) is 0. The Morgan fingerprint density at radius 1 is 1.15 bits per heavy atom. The summed E-state index contributed by atoms with van der Waals surface area (Å²) in [6.45, 7) is 9.19. The molecule has 0 N–H and O–H groups in total. The van der Waals surface area contributed by atoms with Gasteiger partial charge in [0, 0.05) is 18.7 Å². The van der Waals surface area contributed by atoms with Gasteiger partial charge in [-0.25, -0.2) is 4.98 Å². The van der Waals surface area contributed by atoms with Gasteiger partial charge in [-0.05, 0) is 62.5 Å². The first-order chi connectivity index (χ1) is 12.5. The molecule has 0 saturated carbocycles. The maximum Gasteiger partial charge on any atom is 0.254 e. The lowest BCUT2D eigenvalue weighted by Gasteiger charge is -2.33. The van der Waals surface area contributed by atoms with E-state index in [1.165, 1.54) is 17.1 Å². The van der Waals surface area contributed by atoms with Crippen molar-refractivity contribution in [3.8, 4) is 10.8 Å². The molecule has 26 heavy (non-hydrogen) atoms. The monoisotopic (exact) mass is 368 g/mol. The molecule has 8 heteroatoms. The number of hydrogen-bond donors (Lipinski definition) is 0. The first-order valence-corrected chi connectivity index (χ1v) is 9.35. The van der Waals surface area contributed by atoms with Crippen LogP contribution in [0.5, 0.6) is 0 Å². The van der Waals surface area contributed by atoms with Gasteiger partial charge < -0.3 is 9.47 Å². The number of hydrogen-bond acceptors (Lipinski definition) is 6. The van der Waals surface area contributed by atoms with Gasteiger partial charge in [0.2, 0.25) is 0 Å². The van der Waals surface area contributed by atoms with E-state index in [2.05, 4.69) is 24.1 Å². The van der Waals surface area contributed by atoms with Crippen LogP contribution in [0.2, 0.25) is 0 Å². The van der Waals surface area contributed by atoms with E-state index >= 15 is 0 Å². The summed E-state index contributed by atoms with van der Waals surface area (Å²) >= 11 is 1.32. The Morgan fingerprint density at radius 2 is 1.96 bits per heavy atom. The third-order valence-corrected chi connectivity index (χ3v) is 5.72. The van der Waals surface area contributed by atoms with Crippen LogP contribution in [0.4, 0.5) is 0 Å². The number of benzene rings is 1. The Morgan fingerprint density at radius 3 is 2.65 bits per heavy atom. The summed E-state index contributed by atoms with van der Waals surface area (Å²) in [5.41, 5.74) is 3.02. The van der Waals surface area contributed by atoms with E-state index in [0.717, 1.165) is 28.0 Å². The molecule has 3 heterocycles. The van der Waals surface area contributed by atoms with Crippen molar-refractivity contribution in [3.05, 3.63) is 46.5 Å². The summed E-state index contributed by atoms with van der Waals surface area (Å²) in [5.74, 6) is 2.29. The number of rotatable bonds is 2. The van der Waals surface area contributed by atoms with Crippen LogP contribution in [0.1, 0.15) is 46.1 Å². The molecule has 7 nitrogen and oxygen atoms in total. The molecule has 1 aliphatic heterocycles. The maximum atomic E-state index is 13.0. The van der Waals surface area contributed by atoms with Crippen molar-refractivity contribution in [3.63, 3.8) is 0 Å². The molecule has 2 aromatic heterocycles. The number of aryl methyl sites for hydroxylation is 3. The molecule has 134 valence electrons. The second-order valence-electron chi connectivity index (χ2n) is 6.65. The minimum atomic E-state index is -0.145. The Bertz CT molecular complexity index is 991. The molecular formula is C18H20N6OS. The van der Waals surface area contributed by atoms with Crippen LogP contribution in [-0.2, 0) is 6.54 Å². The average Bonchev–Trinajstić information content (AvgIpc) is 3.23. The molecule has 1 aliphatic rings. The van der Waals surface area contributed by atoms with E-state index in [1.54, 1.807) is 0 Å². The minimum absolute atomic E-state index is 0.0307. The molecule has 1 amide bonds. The fourth-order valence-electron chi connectivity index (χ4n) is 3.25. The number of aromatic nitrogens is 5. The Labute approximate surface area is 155 Å². The lowest BCUT2D eigenvalue weighted by atomic mass is 10.0. The van der Waals surface area contributed by atoms with Crippen LogP contribution in [0.3, 0.4) is 0 Å². The lowest BCUT2D eigenvalue weighted by molar-refractivity contribution is 0.0638. The molecule has 0 unspecified atom stereocenters. The summed E-state index contributed by atoms with van der Waals surface area (Å²) in [6, 6.07) is 5.70. The first-order valence-electron chi connectivity index (χ1n) is 8.57. The van der Waals surface area contributed by atoms with Crippen LogP contribution >= 0.6 is 11.5 Å². The topological polar surface area (TPSA) is 76.8 Å². The molecule has 3 aromatic rings.